The Labute approximate surface area is 120 Å². The molecule has 0 heterocycles. The van der Waals surface area contributed by atoms with Gasteiger partial charge in [-0.15, -0.1) is 0 Å². The van der Waals surface area contributed by atoms with E-state index in [9.17, 15) is 4.39 Å². The van der Waals surface area contributed by atoms with Gasteiger partial charge in [0.1, 0.15) is 5.82 Å². The van der Waals surface area contributed by atoms with Gasteiger partial charge in [-0.05, 0) is 56.5 Å². The summed E-state index contributed by atoms with van der Waals surface area (Å²) < 4.78 is 13.0. The lowest BCUT2D eigenvalue weighted by Gasteiger charge is -2.06. The molecule has 0 aromatic heterocycles. The maximum absolute atomic E-state index is 13.0. The van der Waals surface area contributed by atoms with Gasteiger partial charge in [-0.1, -0.05) is 43.2 Å². The largest absolute Gasteiger partial charge is 0.316 e. The lowest BCUT2D eigenvalue weighted by molar-refractivity contribution is 0.556. The minimum atomic E-state index is -0.357. The third kappa shape index (κ3) is 6.74. The predicted octanol–water partition coefficient (Wildman–Crippen LogP) is 4.60. The van der Waals surface area contributed by atoms with Gasteiger partial charge in [-0.3, -0.25) is 0 Å². The van der Waals surface area contributed by atoms with Crippen molar-refractivity contribution < 1.29 is 4.39 Å². The molecular formula is C16H23ClFN. The summed E-state index contributed by atoms with van der Waals surface area (Å²) in [5.41, 5.74) is 2.34. The molecule has 1 aromatic rings. The molecule has 0 radical (unpaired) electrons. The lowest BCUT2D eigenvalue weighted by Crippen LogP contribution is -2.20. The predicted molar refractivity (Wildman–Crippen MR) is 81.2 cm³/mol. The fraction of sp³-hybridized carbons (Fsp3) is 0.500. The second kappa shape index (κ2) is 8.34. The van der Waals surface area contributed by atoms with Crippen molar-refractivity contribution in [3.8, 4) is 0 Å². The number of allylic oxidation sites excluding steroid dienone is 1. The molecule has 0 amide bonds. The van der Waals surface area contributed by atoms with Crippen molar-refractivity contribution in [1.29, 1.82) is 0 Å². The average Bonchev–Trinajstić information content (AvgIpc) is 2.33. The van der Waals surface area contributed by atoms with Crippen LogP contribution >= 0.6 is 11.6 Å². The third-order valence-corrected chi connectivity index (χ3v) is 3.12. The normalized spacial score (nSPS) is 12.2. The van der Waals surface area contributed by atoms with Gasteiger partial charge >= 0.3 is 0 Å². The van der Waals surface area contributed by atoms with Crippen molar-refractivity contribution in [1.82, 2.24) is 5.32 Å². The summed E-state index contributed by atoms with van der Waals surface area (Å²) in [6.07, 6.45) is 4.07. The summed E-state index contributed by atoms with van der Waals surface area (Å²) in [6, 6.07) is 4.91. The molecule has 0 saturated heterocycles. The van der Waals surface area contributed by atoms with Gasteiger partial charge in [0.25, 0.3) is 0 Å². The molecule has 0 atom stereocenters. The summed E-state index contributed by atoms with van der Waals surface area (Å²) in [4.78, 5) is 0. The van der Waals surface area contributed by atoms with E-state index < -0.39 is 0 Å². The Morgan fingerprint density at radius 2 is 2.16 bits per heavy atom. The first kappa shape index (κ1) is 16.2. The number of nitrogens with one attached hydrogen (secondary N) is 1. The fourth-order valence-corrected chi connectivity index (χ4v) is 2.06. The highest BCUT2D eigenvalue weighted by Gasteiger charge is 2.01. The van der Waals surface area contributed by atoms with E-state index in [4.69, 9.17) is 11.6 Å². The van der Waals surface area contributed by atoms with E-state index in [-0.39, 0.29) is 10.8 Å². The van der Waals surface area contributed by atoms with Crippen LogP contribution in [0.4, 0.5) is 4.39 Å². The number of rotatable bonds is 7. The lowest BCUT2D eigenvalue weighted by atomic mass is 10.1. The highest BCUT2D eigenvalue weighted by Crippen LogP contribution is 2.18. The highest BCUT2D eigenvalue weighted by molar-refractivity contribution is 6.30. The van der Waals surface area contributed by atoms with E-state index in [2.05, 4.69) is 32.2 Å². The molecule has 1 aromatic carbocycles. The first-order valence-electron chi connectivity index (χ1n) is 6.79. The average molecular weight is 284 g/mol. The summed E-state index contributed by atoms with van der Waals surface area (Å²) >= 11 is 5.77. The van der Waals surface area contributed by atoms with Crippen molar-refractivity contribution >= 4 is 11.6 Å². The van der Waals surface area contributed by atoms with E-state index in [1.54, 1.807) is 12.1 Å². The van der Waals surface area contributed by atoms with Gasteiger partial charge in [0, 0.05) is 0 Å². The molecule has 0 aliphatic heterocycles. The number of benzene rings is 1. The molecule has 1 nitrogen and oxygen atoms in total. The molecule has 1 rings (SSSR count). The first-order chi connectivity index (χ1) is 8.99. The number of hydrogen-bond acceptors (Lipinski definition) is 1. The van der Waals surface area contributed by atoms with Crippen molar-refractivity contribution in [2.45, 2.75) is 33.6 Å². The van der Waals surface area contributed by atoms with Crippen molar-refractivity contribution in [3.05, 3.63) is 46.3 Å². The minimum Gasteiger partial charge on any atom is -0.316 e. The Hall–Kier alpha value is -0.860. The van der Waals surface area contributed by atoms with Crippen molar-refractivity contribution in [2.75, 3.05) is 13.1 Å². The number of hydrogen-bond donors (Lipinski definition) is 1. The maximum atomic E-state index is 13.0. The van der Waals surface area contributed by atoms with Crippen LogP contribution in [0.2, 0.25) is 5.02 Å². The van der Waals surface area contributed by atoms with E-state index in [1.807, 2.05) is 0 Å². The van der Waals surface area contributed by atoms with Gasteiger partial charge in [0.15, 0.2) is 0 Å². The zero-order chi connectivity index (χ0) is 14.3. The van der Waals surface area contributed by atoms with Crippen molar-refractivity contribution in [3.63, 3.8) is 0 Å². The molecule has 0 fully saturated rings. The van der Waals surface area contributed by atoms with E-state index in [1.165, 1.54) is 11.6 Å². The minimum absolute atomic E-state index is 0.198. The van der Waals surface area contributed by atoms with Crippen LogP contribution in [0.15, 0.2) is 29.8 Å². The summed E-state index contributed by atoms with van der Waals surface area (Å²) in [6.45, 7) is 8.55. The first-order valence-corrected chi connectivity index (χ1v) is 7.17. The summed E-state index contributed by atoms with van der Waals surface area (Å²) in [5.74, 6) is 0.330. The zero-order valence-electron chi connectivity index (χ0n) is 12.0. The van der Waals surface area contributed by atoms with E-state index >= 15 is 0 Å². The van der Waals surface area contributed by atoms with Gasteiger partial charge < -0.3 is 5.32 Å². The van der Waals surface area contributed by atoms with Crippen LogP contribution in [-0.4, -0.2) is 13.1 Å². The summed E-state index contributed by atoms with van der Waals surface area (Å²) in [5, 5.41) is 3.60. The Bertz CT molecular complexity index is 427. The Kier molecular flexibility index (Phi) is 7.11. The monoisotopic (exact) mass is 283 g/mol. The fourth-order valence-electron chi connectivity index (χ4n) is 1.86. The topological polar surface area (TPSA) is 12.0 Å². The second-order valence-corrected chi connectivity index (χ2v) is 5.77. The van der Waals surface area contributed by atoms with Crippen LogP contribution in [0.3, 0.4) is 0 Å². The molecule has 0 unspecified atom stereocenters. The molecule has 106 valence electrons. The van der Waals surface area contributed by atoms with Crippen LogP contribution in [0.1, 0.15) is 32.8 Å². The summed E-state index contributed by atoms with van der Waals surface area (Å²) in [7, 11) is 0. The van der Waals surface area contributed by atoms with Crippen LogP contribution in [0.5, 0.6) is 0 Å². The smallest absolute Gasteiger partial charge is 0.141 e. The van der Waals surface area contributed by atoms with Crippen LogP contribution < -0.4 is 5.32 Å². The van der Waals surface area contributed by atoms with Crippen LogP contribution in [0, 0.1) is 11.7 Å². The van der Waals surface area contributed by atoms with Gasteiger partial charge in [-0.25, -0.2) is 4.39 Å². The maximum Gasteiger partial charge on any atom is 0.141 e. The molecule has 0 aliphatic carbocycles. The molecule has 1 N–H and O–H groups in total. The SMILES string of the molecule is C/C(=C/CCNCC(C)C)Cc1ccc(F)c(Cl)c1. The third-order valence-electron chi connectivity index (χ3n) is 2.83. The molecule has 0 spiro atoms. The van der Waals surface area contributed by atoms with E-state index in [0.717, 1.165) is 31.5 Å². The molecule has 0 aliphatic rings. The molecular weight excluding hydrogens is 261 g/mol. The molecule has 3 heteroatoms. The molecule has 0 saturated carbocycles. The second-order valence-electron chi connectivity index (χ2n) is 5.36. The van der Waals surface area contributed by atoms with Gasteiger partial charge in [-0.2, -0.15) is 0 Å². The van der Waals surface area contributed by atoms with Crippen molar-refractivity contribution in [2.24, 2.45) is 5.92 Å². The Morgan fingerprint density at radius 1 is 1.42 bits per heavy atom. The molecule has 19 heavy (non-hydrogen) atoms. The van der Waals surface area contributed by atoms with Gasteiger partial charge in [0.05, 0.1) is 5.02 Å². The standard InChI is InChI=1S/C16H23ClFN/c1-12(2)11-19-8-4-5-13(3)9-14-6-7-16(18)15(17)10-14/h5-7,10,12,19H,4,8-9,11H2,1-3H3/b13-5-. The van der Waals surface area contributed by atoms with Crippen LogP contribution in [-0.2, 0) is 6.42 Å². The van der Waals surface area contributed by atoms with Crippen LogP contribution in [0.25, 0.3) is 0 Å². The number of halogens is 2. The quantitative estimate of drug-likeness (QED) is 0.569. The Morgan fingerprint density at radius 3 is 2.79 bits per heavy atom. The highest BCUT2D eigenvalue weighted by atomic mass is 35.5. The van der Waals surface area contributed by atoms with Gasteiger partial charge in [0.2, 0.25) is 0 Å². The zero-order valence-corrected chi connectivity index (χ0v) is 12.7. The van der Waals surface area contributed by atoms with E-state index in [0.29, 0.717) is 5.92 Å². The Balaban J connectivity index is 2.37. The molecule has 0 bridgehead atoms.